The van der Waals surface area contributed by atoms with Crippen molar-refractivity contribution < 1.29 is 14.3 Å². The van der Waals surface area contributed by atoms with E-state index in [2.05, 4.69) is 4.90 Å². The summed E-state index contributed by atoms with van der Waals surface area (Å²) in [6.07, 6.45) is 0.859. The number of hydrogen-bond donors (Lipinski definition) is 0. The second kappa shape index (κ2) is 8.72. The summed E-state index contributed by atoms with van der Waals surface area (Å²) in [5.41, 5.74) is 1.53. The fraction of sp³-hybridized carbons (Fsp3) is 0.350. The first-order valence-electron chi connectivity index (χ1n) is 8.75. The number of halogens is 2. The van der Waals surface area contributed by atoms with Crippen LogP contribution in [0.25, 0.3) is 0 Å². The van der Waals surface area contributed by atoms with E-state index < -0.39 is 0 Å². The average Bonchev–Trinajstić information content (AvgIpc) is 2.95. The van der Waals surface area contributed by atoms with Crippen molar-refractivity contribution in [2.24, 2.45) is 0 Å². The summed E-state index contributed by atoms with van der Waals surface area (Å²) < 4.78 is 10.6. The first kappa shape index (κ1) is 19.6. The molecule has 0 radical (unpaired) electrons. The van der Waals surface area contributed by atoms with Gasteiger partial charge in [0, 0.05) is 31.9 Å². The van der Waals surface area contributed by atoms with Gasteiger partial charge in [-0.1, -0.05) is 23.2 Å². The molecular formula is C20H22Cl2N2O3. The molecule has 2 aromatic rings. The molecule has 7 heteroatoms. The lowest BCUT2D eigenvalue weighted by atomic mass is 10.1. The topological polar surface area (TPSA) is 42.0 Å². The van der Waals surface area contributed by atoms with E-state index in [1.54, 1.807) is 38.5 Å². The van der Waals surface area contributed by atoms with Crippen LogP contribution >= 0.6 is 23.2 Å². The summed E-state index contributed by atoms with van der Waals surface area (Å²) in [4.78, 5) is 17.2. The lowest BCUT2D eigenvalue weighted by Crippen LogP contribution is -2.35. The number of ether oxygens (including phenoxy) is 2. The van der Waals surface area contributed by atoms with Crippen LogP contribution < -0.4 is 14.4 Å². The van der Waals surface area contributed by atoms with Crippen molar-refractivity contribution in [3.63, 3.8) is 0 Å². The molecule has 1 saturated heterocycles. The lowest BCUT2D eigenvalue weighted by molar-refractivity contribution is 0.0763. The van der Waals surface area contributed by atoms with E-state index >= 15 is 0 Å². The maximum atomic E-state index is 13.1. The molecule has 1 heterocycles. The smallest absolute Gasteiger partial charge is 0.257 e. The number of nitrogens with zero attached hydrogens (tertiary/aromatic N) is 2. The van der Waals surface area contributed by atoms with Crippen LogP contribution in [0.5, 0.6) is 11.5 Å². The molecule has 1 amide bonds. The Morgan fingerprint density at radius 3 is 2.44 bits per heavy atom. The van der Waals surface area contributed by atoms with E-state index in [9.17, 15) is 4.79 Å². The van der Waals surface area contributed by atoms with Gasteiger partial charge in [-0.3, -0.25) is 4.79 Å². The fourth-order valence-electron chi connectivity index (χ4n) is 3.21. The highest BCUT2D eigenvalue weighted by Gasteiger charge is 2.23. The number of hydrogen-bond acceptors (Lipinski definition) is 4. The maximum Gasteiger partial charge on any atom is 0.257 e. The van der Waals surface area contributed by atoms with Gasteiger partial charge in [0.25, 0.3) is 5.91 Å². The van der Waals surface area contributed by atoms with Gasteiger partial charge in [-0.15, -0.1) is 0 Å². The standard InChI is InChI=1S/C20H22Cl2N2O3/c1-26-15-5-7-19(27-2)16(13-15)20(25)24-9-3-8-23(10-11-24)14-4-6-17(21)18(22)12-14/h4-7,12-13H,3,8-11H2,1-2H3. The summed E-state index contributed by atoms with van der Waals surface area (Å²) in [5, 5.41) is 1.07. The maximum absolute atomic E-state index is 13.1. The third kappa shape index (κ3) is 4.42. The predicted molar refractivity (Wildman–Crippen MR) is 109 cm³/mol. The predicted octanol–water partition coefficient (Wildman–Crippen LogP) is 4.36. The summed E-state index contributed by atoms with van der Waals surface area (Å²) in [6.45, 7) is 2.85. The highest BCUT2D eigenvalue weighted by atomic mass is 35.5. The third-order valence-electron chi connectivity index (χ3n) is 4.69. The SMILES string of the molecule is COc1ccc(OC)c(C(=O)N2CCCN(c3ccc(Cl)c(Cl)c3)CC2)c1. The first-order chi connectivity index (χ1) is 13.0. The largest absolute Gasteiger partial charge is 0.497 e. The molecule has 144 valence electrons. The van der Waals surface area contributed by atoms with Crippen molar-refractivity contribution in [2.75, 3.05) is 45.3 Å². The molecule has 5 nitrogen and oxygen atoms in total. The minimum atomic E-state index is -0.0539. The van der Waals surface area contributed by atoms with Crippen LogP contribution in [0.1, 0.15) is 16.8 Å². The lowest BCUT2D eigenvalue weighted by Gasteiger charge is -2.24. The van der Waals surface area contributed by atoms with Crippen molar-refractivity contribution >= 4 is 34.8 Å². The van der Waals surface area contributed by atoms with Gasteiger partial charge in [0.15, 0.2) is 0 Å². The van der Waals surface area contributed by atoms with E-state index in [4.69, 9.17) is 32.7 Å². The van der Waals surface area contributed by atoms with Gasteiger partial charge in [0.1, 0.15) is 11.5 Å². The molecule has 0 aromatic heterocycles. The van der Waals surface area contributed by atoms with Crippen LogP contribution in [-0.2, 0) is 0 Å². The van der Waals surface area contributed by atoms with E-state index in [1.807, 2.05) is 17.0 Å². The second-order valence-corrected chi connectivity index (χ2v) is 7.11. The second-order valence-electron chi connectivity index (χ2n) is 6.30. The Labute approximate surface area is 169 Å². The van der Waals surface area contributed by atoms with Gasteiger partial charge >= 0.3 is 0 Å². The van der Waals surface area contributed by atoms with E-state index in [0.29, 0.717) is 40.2 Å². The van der Waals surface area contributed by atoms with Gasteiger partial charge in [-0.25, -0.2) is 0 Å². The molecule has 27 heavy (non-hydrogen) atoms. The number of methoxy groups -OCH3 is 2. The van der Waals surface area contributed by atoms with Crippen molar-refractivity contribution in [3.05, 3.63) is 52.0 Å². The Kier molecular flexibility index (Phi) is 6.34. The molecule has 1 fully saturated rings. The molecule has 3 rings (SSSR count). The fourth-order valence-corrected chi connectivity index (χ4v) is 3.50. The summed E-state index contributed by atoms with van der Waals surface area (Å²) >= 11 is 12.2. The molecule has 1 aliphatic heterocycles. The van der Waals surface area contributed by atoms with Crippen LogP contribution in [0.4, 0.5) is 5.69 Å². The van der Waals surface area contributed by atoms with Crippen LogP contribution in [0.15, 0.2) is 36.4 Å². The van der Waals surface area contributed by atoms with Gasteiger partial charge in [0.05, 0.1) is 29.8 Å². The van der Waals surface area contributed by atoms with Crippen molar-refractivity contribution in [1.82, 2.24) is 4.90 Å². The van der Waals surface area contributed by atoms with Gasteiger partial charge < -0.3 is 19.3 Å². The van der Waals surface area contributed by atoms with Crippen molar-refractivity contribution in [1.29, 1.82) is 0 Å². The summed E-state index contributed by atoms with van der Waals surface area (Å²) in [6, 6.07) is 10.9. The number of carbonyl (C=O) groups is 1. The van der Waals surface area contributed by atoms with Crippen molar-refractivity contribution in [3.8, 4) is 11.5 Å². The molecule has 1 aliphatic rings. The molecule has 0 unspecified atom stereocenters. The number of carbonyl (C=O) groups excluding carboxylic acids is 1. The molecule has 0 atom stereocenters. The molecule has 2 aromatic carbocycles. The Morgan fingerprint density at radius 2 is 1.74 bits per heavy atom. The Morgan fingerprint density at radius 1 is 0.926 bits per heavy atom. The van der Waals surface area contributed by atoms with Crippen LogP contribution in [0.2, 0.25) is 10.0 Å². The summed E-state index contributed by atoms with van der Waals surface area (Å²) in [5.74, 6) is 1.12. The van der Waals surface area contributed by atoms with Crippen molar-refractivity contribution in [2.45, 2.75) is 6.42 Å². The quantitative estimate of drug-likeness (QED) is 0.753. The van der Waals surface area contributed by atoms with Gasteiger partial charge in [-0.2, -0.15) is 0 Å². The van der Waals surface area contributed by atoms with E-state index in [0.717, 1.165) is 25.2 Å². The molecule has 0 bridgehead atoms. The molecular weight excluding hydrogens is 387 g/mol. The zero-order valence-electron chi connectivity index (χ0n) is 15.4. The number of rotatable bonds is 4. The van der Waals surface area contributed by atoms with Crippen LogP contribution in [0.3, 0.4) is 0 Å². The van der Waals surface area contributed by atoms with Gasteiger partial charge in [-0.05, 0) is 42.8 Å². The zero-order valence-corrected chi connectivity index (χ0v) is 16.9. The molecule has 0 saturated carbocycles. The molecule has 0 N–H and O–H groups in total. The number of anilines is 1. The number of amides is 1. The van der Waals surface area contributed by atoms with Crippen LogP contribution in [0, 0.1) is 0 Å². The number of benzene rings is 2. The van der Waals surface area contributed by atoms with Crippen LogP contribution in [-0.4, -0.2) is 51.2 Å². The average molecular weight is 409 g/mol. The third-order valence-corrected chi connectivity index (χ3v) is 5.43. The normalized spacial score (nSPS) is 14.7. The monoisotopic (exact) mass is 408 g/mol. The zero-order chi connectivity index (χ0) is 19.4. The molecule has 0 aliphatic carbocycles. The minimum absolute atomic E-state index is 0.0539. The highest BCUT2D eigenvalue weighted by molar-refractivity contribution is 6.42. The Hall–Kier alpha value is -2.11. The van der Waals surface area contributed by atoms with E-state index in [1.165, 1.54) is 0 Å². The Balaban J connectivity index is 1.76. The minimum Gasteiger partial charge on any atom is -0.497 e. The molecule has 0 spiro atoms. The summed E-state index contributed by atoms with van der Waals surface area (Å²) in [7, 11) is 3.14. The highest BCUT2D eigenvalue weighted by Crippen LogP contribution is 2.29. The van der Waals surface area contributed by atoms with Gasteiger partial charge in [0.2, 0.25) is 0 Å². The Bertz CT molecular complexity index is 829. The first-order valence-corrected chi connectivity index (χ1v) is 9.50. The van der Waals surface area contributed by atoms with E-state index in [-0.39, 0.29) is 5.91 Å².